The van der Waals surface area contributed by atoms with E-state index in [1.54, 1.807) is 0 Å². The Hall–Kier alpha value is 3.28. The molecule has 2 atom stereocenters. The number of hydrogen-bond donors (Lipinski definition) is 0. The van der Waals surface area contributed by atoms with Gasteiger partial charge in [0.2, 0.25) is 0 Å². The monoisotopic (exact) mass is 338 g/mol. The number of hydrogen-bond acceptors (Lipinski definition) is 0. The van der Waals surface area contributed by atoms with Crippen LogP contribution in [-0.2, 0) is 50.6 Å². The van der Waals surface area contributed by atoms with Gasteiger partial charge in [-0.2, -0.15) is 19.8 Å². The largest absolute Gasteiger partial charge is 3.00 e. The van der Waals surface area contributed by atoms with Crippen molar-refractivity contribution in [2.75, 3.05) is 0 Å². The van der Waals surface area contributed by atoms with Crippen LogP contribution in [0.15, 0.2) is 0 Å². The molecule has 0 amide bonds. The molecule has 2 unspecified atom stereocenters. The molecule has 0 N–H and O–H groups in total. The van der Waals surface area contributed by atoms with E-state index in [-0.39, 0.29) is 127 Å². The fourth-order valence-electron chi connectivity index (χ4n) is 0. The van der Waals surface area contributed by atoms with Crippen LogP contribution in [0.5, 0.6) is 0 Å². The number of rotatable bonds is 0. The fraction of sp³-hybridized carbons (Fsp3) is 0. The normalized spacial score (nSPS) is 0. The van der Waals surface area contributed by atoms with Crippen LogP contribution >= 0.6 is 19.8 Å². The second-order valence-electron chi connectivity index (χ2n) is 0. The van der Waals surface area contributed by atoms with Crippen molar-refractivity contribution < 1.29 is 50.6 Å². The Morgan fingerprint density at radius 2 is 0.455 bits per heavy atom. The van der Waals surface area contributed by atoms with E-state index in [9.17, 15) is 0 Å². The van der Waals surface area contributed by atoms with E-state index in [0.29, 0.717) is 0 Å². The summed E-state index contributed by atoms with van der Waals surface area (Å²) < 4.78 is 0. The molecule has 8 radical (unpaired) electrons. The molecule has 0 spiro atoms. The van der Waals surface area contributed by atoms with Gasteiger partial charge in [-0.15, -0.1) is 0 Å². The predicted octanol–water partition coefficient (Wildman–Crippen LogP) is -1.77. The van der Waals surface area contributed by atoms with Crippen LogP contribution in [0.1, 0.15) is 0 Å². The summed E-state index contributed by atoms with van der Waals surface area (Å²) in [6.45, 7) is 0. The summed E-state index contributed by atoms with van der Waals surface area (Å²) >= 11 is 0. The maximum atomic E-state index is 0. The van der Waals surface area contributed by atoms with Gasteiger partial charge in [-0.25, -0.2) is 0 Å². The van der Waals surface area contributed by atoms with Gasteiger partial charge in [-0.1, -0.05) is 0 Å². The zero-order valence-corrected chi connectivity index (χ0v) is 14.8. The van der Waals surface area contributed by atoms with E-state index >= 15 is 0 Å². The first-order valence-electron chi connectivity index (χ1n) is 0. The Bertz CT molecular complexity index is 25.3. The van der Waals surface area contributed by atoms with E-state index in [2.05, 4.69) is 0 Å². The second kappa shape index (κ2) is 186. The first-order chi connectivity index (χ1) is 0. The van der Waals surface area contributed by atoms with Crippen LogP contribution in [0.2, 0.25) is 0 Å². The molecule has 0 aliphatic carbocycles. The summed E-state index contributed by atoms with van der Waals surface area (Å²) in [4.78, 5) is 0. The van der Waals surface area contributed by atoms with E-state index in [0.717, 1.165) is 0 Å². The standard InChI is InChI=1S/2Al.2Fe.3O.2H3P.2Si/h;;;;;;;2*1H3;;/q2*+3;;;3*-2;;;;. The smallest absolute Gasteiger partial charge is 2.00 e. The van der Waals surface area contributed by atoms with Gasteiger partial charge in [-0.3, -0.25) is 0 Å². The molecule has 0 aromatic heterocycles. The summed E-state index contributed by atoms with van der Waals surface area (Å²) in [7, 11) is 0. The molecule has 0 rings (SSSR count). The van der Waals surface area contributed by atoms with E-state index in [4.69, 9.17) is 0 Å². The van der Waals surface area contributed by atoms with Gasteiger partial charge >= 0.3 is 34.7 Å². The summed E-state index contributed by atoms with van der Waals surface area (Å²) in [5.41, 5.74) is 0. The minimum atomic E-state index is 0. The molecule has 0 aliphatic heterocycles. The molecule has 0 aromatic carbocycles. The van der Waals surface area contributed by atoms with Crippen molar-refractivity contribution >= 4 is 76.5 Å². The van der Waals surface area contributed by atoms with Crippen molar-refractivity contribution in [2.24, 2.45) is 0 Å². The molecule has 11 heavy (non-hydrogen) atoms. The van der Waals surface area contributed by atoms with Crippen LogP contribution in [0.3, 0.4) is 0 Å². The molecule has 0 saturated carbocycles. The summed E-state index contributed by atoms with van der Waals surface area (Å²) in [6.07, 6.45) is 0. The first-order valence-corrected chi connectivity index (χ1v) is 0. The maximum Gasteiger partial charge on any atom is 3.00 e. The Morgan fingerprint density at radius 1 is 0.455 bits per heavy atom. The van der Waals surface area contributed by atoms with Crippen LogP contribution in [0.4, 0.5) is 0 Å². The molecule has 0 fully saturated rings. The van der Waals surface area contributed by atoms with Crippen LogP contribution in [0.25, 0.3) is 0 Å². The van der Waals surface area contributed by atoms with Crippen molar-refractivity contribution in [2.45, 2.75) is 0 Å². The average molecular weight is 338 g/mol. The molecule has 3 nitrogen and oxygen atoms in total. The predicted molar refractivity (Wildman–Crippen MR) is 47.3 cm³/mol. The molecule has 0 saturated heterocycles. The minimum Gasteiger partial charge on any atom is -2.00 e. The van der Waals surface area contributed by atoms with Crippen molar-refractivity contribution in [1.82, 2.24) is 0 Å². The van der Waals surface area contributed by atoms with Gasteiger partial charge in [-0.05, 0) is 0 Å². The third-order valence-corrected chi connectivity index (χ3v) is 0. The quantitative estimate of drug-likeness (QED) is 0.370. The third-order valence-electron chi connectivity index (χ3n) is 0. The second-order valence-corrected chi connectivity index (χ2v) is 0. The van der Waals surface area contributed by atoms with E-state index in [1.165, 1.54) is 0 Å². The first kappa shape index (κ1) is 234. The summed E-state index contributed by atoms with van der Waals surface area (Å²) in [6, 6.07) is 0. The van der Waals surface area contributed by atoms with Gasteiger partial charge < -0.3 is 16.4 Å². The molecular weight excluding hydrogens is 332 g/mol. The molecule has 0 aromatic rings. The van der Waals surface area contributed by atoms with Gasteiger partial charge in [0.15, 0.2) is 0 Å². The van der Waals surface area contributed by atoms with E-state index < -0.39 is 0 Å². The zero-order chi connectivity index (χ0) is 0. The van der Waals surface area contributed by atoms with Crippen LogP contribution in [0, 0.1) is 0 Å². The topological polar surface area (TPSA) is 85.5 Å². The summed E-state index contributed by atoms with van der Waals surface area (Å²) in [5, 5.41) is 0. The molecule has 0 bridgehead atoms. The van der Waals surface area contributed by atoms with Crippen molar-refractivity contribution in [3.63, 3.8) is 0 Å². The van der Waals surface area contributed by atoms with Crippen molar-refractivity contribution in [3.05, 3.63) is 0 Å². The minimum absolute atomic E-state index is 0. The van der Waals surface area contributed by atoms with Crippen LogP contribution < -0.4 is 0 Å². The maximum absolute atomic E-state index is 0. The van der Waals surface area contributed by atoms with Crippen LogP contribution in [-0.4, -0.2) is 56.7 Å². The van der Waals surface area contributed by atoms with Crippen molar-refractivity contribution in [1.29, 1.82) is 0 Å². The molecular formula is H6Al2Fe2O3P2Si2. The zero-order valence-electron chi connectivity index (χ0n) is 5.50. The Balaban J connectivity index is 0. The molecule has 0 aliphatic rings. The van der Waals surface area contributed by atoms with Gasteiger partial charge in [0.25, 0.3) is 0 Å². The van der Waals surface area contributed by atoms with E-state index in [1.807, 2.05) is 0 Å². The van der Waals surface area contributed by atoms with Gasteiger partial charge in [0, 0.05) is 56.1 Å². The van der Waals surface area contributed by atoms with Crippen molar-refractivity contribution in [3.8, 4) is 0 Å². The fourth-order valence-corrected chi connectivity index (χ4v) is 0. The SMILES string of the molecule is P.P.[Al+3].[Al+3].[Fe].[Fe].[O-2].[O-2].[O-2].[Si].[Si]. The Kier molecular flexibility index (Phi) is 3970. The molecule has 64 valence electrons. The third kappa shape index (κ3) is 157. The molecule has 11 heteroatoms. The average Bonchev–Trinajstić information content (AvgIpc) is 0. The summed E-state index contributed by atoms with van der Waals surface area (Å²) in [5.74, 6) is 0. The Morgan fingerprint density at radius 3 is 0.455 bits per heavy atom. The van der Waals surface area contributed by atoms with Gasteiger partial charge in [0.05, 0.1) is 0 Å². The van der Waals surface area contributed by atoms with Gasteiger partial charge in [0.1, 0.15) is 0 Å². The Labute approximate surface area is 126 Å². The molecule has 0 heterocycles.